The summed E-state index contributed by atoms with van der Waals surface area (Å²) >= 11 is 0. The van der Waals surface area contributed by atoms with Gasteiger partial charge in [-0.1, -0.05) is 18.2 Å². The Balaban J connectivity index is 2.43. The predicted molar refractivity (Wildman–Crippen MR) is 72.1 cm³/mol. The molecule has 0 unspecified atom stereocenters. The van der Waals surface area contributed by atoms with Crippen LogP contribution in [0.2, 0.25) is 0 Å². The van der Waals surface area contributed by atoms with Gasteiger partial charge >= 0.3 is 7.60 Å². The topological polar surface area (TPSA) is 123 Å². The van der Waals surface area contributed by atoms with E-state index in [9.17, 15) is 24.6 Å². The van der Waals surface area contributed by atoms with Gasteiger partial charge in [0.25, 0.3) is 0 Å². The molecule has 2 rings (SSSR count). The van der Waals surface area contributed by atoms with Crippen LogP contribution in [0, 0.1) is 0 Å². The molecule has 0 bridgehead atoms. The summed E-state index contributed by atoms with van der Waals surface area (Å²) in [5.41, 5.74) is -0.0194. The van der Waals surface area contributed by atoms with E-state index in [4.69, 9.17) is 0 Å². The highest BCUT2D eigenvalue weighted by Crippen LogP contribution is 2.39. The molecule has 104 valence electrons. The summed E-state index contributed by atoms with van der Waals surface area (Å²) in [5.74, 6) is -0.811. The quantitative estimate of drug-likeness (QED) is 0.393. The van der Waals surface area contributed by atoms with Crippen LogP contribution >= 0.6 is 7.60 Å². The largest absolute Gasteiger partial charge is 0.504 e. The fourth-order valence-corrected chi connectivity index (χ4v) is 2.20. The highest BCUT2D eigenvalue weighted by Gasteiger charge is 2.21. The van der Waals surface area contributed by atoms with Crippen LogP contribution < -0.4 is 5.30 Å². The van der Waals surface area contributed by atoms with Crippen molar-refractivity contribution in [3.05, 3.63) is 42.5 Å². The number of rotatable bonds is 3. The summed E-state index contributed by atoms with van der Waals surface area (Å²) in [7, 11) is -4.46. The number of aromatic hydroxyl groups is 2. The number of phenols is 2. The average Bonchev–Trinajstić information content (AvgIpc) is 2.40. The van der Waals surface area contributed by atoms with Crippen LogP contribution in [0.25, 0.3) is 0 Å². The second kappa shape index (κ2) is 5.42. The molecule has 0 aliphatic heterocycles. The molecule has 8 heteroatoms. The summed E-state index contributed by atoms with van der Waals surface area (Å²) in [6.07, 6.45) is 0. The van der Waals surface area contributed by atoms with Gasteiger partial charge in [-0.05, 0) is 24.3 Å². The highest BCUT2D eigenvalue weighted by atomic mass is 31.2. The average molecular weight is 294 g/mol. The first-order valence-corrected chi connectivity index (χ1v) is 7.08. The van der Waals surface area contributed by atoms with Gasteiger partial charge < -0.3 is 20.0 Å². The maximum absolute atomic E-state index is 11.3. The number of hydrogen-bond donors (Lipinski definition) is 4. The summed E-state index contributed by atoms with van der Waals surface area (Å²) in [6, 6.07) is 9.79. The van der Waals surface area contributed by atoms with Crippen molar-refractivity contribution in [1.29, 1.82) is 0 Å². The Labute approximate surface area is 114 Å². The standard InChI is InChI=1S/C12H11N2O5P/c15-10-6-3-5-9(12(10)16)14-13-8-4-1-2-7-11(8)20(17,18)19/h1-7,15-16H,(H2,17,18,19). The summed E-state index contributed by atoms with van der Waals surface area (Å²) < 4.78 is 11.3. The van der Waals surface area contributed by atoms with Gasteiger partial charge in [-0.3, -0.25) is 4.57 Å². The second-order valence-corrected chi connectivity index (χ2v) is 5.45. The number of nitrogens with zero attached hydrogens (tertiary/aromatic N) is 2. The van der Waals surface area contributed by atoms with Crippen molar-refractivity contribution >= 4 is 24.3 Å². The lowest BCUT2D eigenvalue weighted by Gasteiger charge is -2.06. The molecule has 0 saturated heterocycles. The Morgan fingerprint density at radius 3 is 2.15 bits per heavy atom. The molecule has 2 aromatic rings. The molecule has 0 fully saturated rings. The molecule has 0 heterocycles. The van der Waals surface area contributed by atoms with Crippen molar-refractivity contribution in [3.8, 4) is 11.5 Å². The van der Waals surface area contributed by atoms with Gasteiger partial charge in [0.1, 0.15) is 11.4 Å². The minimum absolute atomic E-state index is 0.00878. The molecule has 0 saturated carbocycles. The summed E-state index contributed by atoms with van der Waals surface area (Å²) in [4.78, 5) is 18.4. The predicted octanol–water partition coefficient (Wildman–Crippen LogP) is 2.32. The maximum atomic E-state index is 11.3. The molecule has 4 N–H and O–H groups in total. The molecule has 0 radical (unpaired) electrons. The van der Waals surface area contributed by atoms with E-state index in [0.717, 1.165) is 0 Å². The first kappa shape index (κ1) is 14.2. The minimum Gasteiger partial charge on any atom is -0.504 e. The van der Waals surface area contributed by atoms with Gasteiger partial charge in [0.05, 0.1) is 5.30 Å². The maximum Gasteiger partial charge on any atom is 0.358 e. The van der Waals surface area contributed by atoms with Gasteiger partial charge in [0, 0.05) is 0 Å². The van der Waals surface area contributed by atoms with E-state index in [0.29, 0.717) is 0 Å². The molecule has 7 nitrogen and oxygen atoms in total. The number of para-hydroxylation sites is 1. The fourth-order valence-electron chi connectivity index (χ4n) is 1.50. The lowest BCUT2D eigenvalue weighted by Crippen LogP contribution is -2.03. The Hall–Kier alpha value is -2.21. The van der Waals surface area contributed by atoms with Crippen molar-refractivity contribution in [2.75, 3.05) is 0 Å². The van der Waals surface area contributed by atoms with Crippen molar-refractivity contribution in [1.82, 2.24) is 0 Å². The summed E-state index contributed by atoms with van der Waals surface area (Å²) in [6.45, 7) is 0. The third kappa shape index (κ3) is 3.03. The molecular formula is C12H11N2O5P. The Kier molecular flexibility index (Phi) is 3.85. The van der Waals surface area contributed by atoms with E-state index < -0.39 is 13.3 Å². The van der Waals surface area contributed by atoms with E-state index >= 15 is 0 Å². The zero-order chi connectivity index (χ0) is 14.8. The highest BCUT2D eigenvalue weighted by molar-refractivity contribution is 7.60. The van der Waals surface area contributed by atoms with Crippen molar-refractivity contribution in [2.24, 2.45) is 10.2 Å². The van der Waals surface area contributed by atoms with Crippen LogP contribution in [0.1, 0.15) is 0 Å². The third-order valence-corrected chi connectivity index (χ3v) is 3.46. The number of azo groups is 1. The zero-order valence-electron chi connectivity index (χ0n) is 10.1. The monoisotopic (exact) mass is 294 g/mol. The minimum atomic E-state index is -4.46. The first-order valence-electron chi connectivity index (χ1n) is 5.47. The van der Waals surface area contributed by atoms with E-state index in [1.807, 2.05) is 0 Å². The molecule has 0 atom stereocenters. The number of phenolic OH excluding ortho intramolecular Hbond substituents is 2. The van der Waals surface area contributed by atoms with Crippen LogP contribution in [0.4, 0.5) is 11.4 Å². The lowest BCUT2D eigenvalue weighted by atomic mass is 10.3. The molecule has 20 heavy (non-hydrogen) atoms. The van der Waals surface area contributed by atoms with Gasteiger partial charge in [-0.25, -0.2) is 0 Å². The van der Waals surface area contributed by atoms with E-state index in [1.54, 1.807) is 6.07 Å². The van der Waals surface area contributed by atoms with Gasteiger partial charge in [-0.15, -0.1) is 10.2 Å². The van der Waals surface area contributed by atoms with Crippen LogP contribution in [-0.2, 0) is 4.57 Å². The van der Waals surface area contributed by atoms with Crippen LogP contribution in [-0.4, -0.2) is 20.0 Å². The van der Waals surface area contributed by atoms with E-state index in [1.165, 1.54) is 36.4 Å². The summed E-state index contributed by atoms with van der Waals surface area (Å²) in [5, 5.41) is 26.0. The lowest BCUT2D eigenvalue weighted by molar-refractivity contribution is 0.387. The van der Waals surface area contributed by atoms with Gasteiger partial charge in [0.15, 0.2) is 11.5 Å². The zero-order valence-corrected chi connectivity index (χ0v) is 11.0. The van der Waals surface area contributed by atoms with Crippen molar-refractivity contribution < 1.29 is 24.6 Å². The molecule has 0 amide bonds. The Bertz CT molecular complexity index is 711. The molecule has 0 aliphatic carbocycles. The van der Waals surface area contributed by atoms with Crippen LogP contribution in [0.15, 0.2) is 52.7 Å². The molecule has 0 spiro atoms. The first-order chi connectivity index (χ1) is 9.39. The molecular weight excluding hydrogens is 283 g/mol. The smallest absolute Gasteiger partial charge is 0.358 e. The normalized spacial score (nSPS) is 11.9. The Morgan fingerprint density at radius 1 is 0.850 bits per heavy atom. The van der Waals surface area contributed by atoms with Gasteiger partial charge in [0.2, 0.25) is 0 Å². The Morgan fingerprint density at radius 2 is 1.45 bits per heavy atom. The molecule has 0 aliphatic rings. The van der Waals surface area contributed by atoms with Crippen LogP contribution in [0.5, 0.6) is 11.5 Å². The molecule has 2 aromatic carbocycles. The number of benzene rings is 2. The fraction of sp³-hybridized carbons (Fsp3) is 0. The van der Waals surface area contributed by atoms with E-state index in [-0.39, 0.29) is 22.4 Å². The van der Waals surface area contributed by atoms with E-state index in [2.05, 4.69) is 10.2 Å². The van der Waals surface area contributed by atoms with Crippen LogP contribution in [0.3, 0.4) is 0 Å². The number of hydrogen-bond acceptors (Lipinski definition) is 5. The van der Waals surface area contributed by atoms with Gasteiger partial charge in [-0.2, -0.15) is 0 Å². The van der Waals surface area contributed by atoms with Crippen molar-refractivity contribution in [2.45, 2.75) is 0 Å². The second-order valence-electron chi connectivity index (χ2n) is 3.88. The molecule has 0 aromatic heterocycles. The SMILES string of the molecule is O=P(O)(O)c1ccccc1N=Nc1cccc(O)c1O. The third-order valence-electron chi connectivity index (χ3n) is 2.45. The van der Waals surface area contributed by atoms with Crippen molar-refractivity contribution in [3.63, 3.8) is 0 Å².